The summed E-state index contributed by atoms with van der Waals surface area (Å²) in [5.74, 6) is 0.770. The lowest BCUT2D eigenvalue weighted by molar-refractivity contribution is 0.412. The Kier molecular flexibility index (Phi) is 7.39. The highest BCUT2D eigenvalue weighted by Gasteiger charge is 2.18. The molecule has 0 heterocycles. The van der Waals surface area contributed by atoms with E-state index >= 15 is 0 Å². The zero-order valence-corrected chi connectivity index (χ0v) is 12.4. The summed E-state index contributed by atoms with van der Waals surface area (Å²) in [6.45, 7) is 4.38. The fourth-order valence-corrected chi connectivity index (χ4v) is 2.74. The summed E-state index contributed by atoms with van der Waals surface area (Å²) >= 11 is 0. The van der Waals surface area contributed by atoms with Gasteiger partial charge in [-0.3, -0.25) is 0 Å². The van der Waals surface area contributed by atoms with Crippen molar-refractivity contribution in [3.8, 4) is 11.5 Å². The maximum atomic E-state index is 9.97. The van der Waals surface area contributed by atoms with Crippen molar-refractivity contribution >= 4 is 0 Å². The second-order valence-corrected chi connectivity index (χ2v) is 5.40. The van der Waals surface area contributed by atoms with Crippen LogP contribution in [-0.4, -0.2) is 10.2 Å². The van der Waals surface area contributed by atoms with Crippen LogP contribution in [0.15, 0.2) is 18.2 Å². The monoisotopic (exact) mass is 264 g/mol. The summed E-state index contributed by atoms with van der Waals surface area (Å²) in [5.41, 5.74) is 0.750. The minimum absolute atomic E-state index is 0.243. The van der Waals surface area contributed by atoms with Gasteiger partial charge in [-0.25, -0.2) is 0 Å². The molecule has 0 aliphatic carbocycles. The van der Waals surface area contributed by atoms with Crippen molar-refractivity contribution in [1.29, 1.82) is 0 Å². The smallest absolute Gasteiger partial charge is 0.122 e. The van der Waals surface area contributed by atoms with Gasteiger partial charge in [-0.2, -0.15) is 0 Å². The summed E-state index contributed by atoms with van der Waals surface area (Å²) in [5, 5.41) is 19.9. The molecule has 0 aliphatic heterocycles. The number of phenols is 2. The van der Waals surface area contributed by atoms with E-state index in [1.54, 1.807) is 18.2 Å². The van der Waals surface area contributed by atoms with Gasteiger partial charge in [-0.1, -0.05) is 58.4 Å². The molecule has 108 valence electrons. The van der Waals surface area contributed by atoms with E-state index in [1.165, 1.54) is 32.1 Å². The van der Waals surface area contributed by atoms with Crippen LogP contribution in [0.3, 0.4) is 0 Å². The Labute approximate surface area is 117 Å². The van der Waals surface area contributed by atoms with Crippen molar-refractivity contribution in [2.75, 3.05) is 0 Å². The molecule has 1 rings (SSSR count). The van der Waals surface area contributed by atoms with Crippen molar-refractivity contribution in [2.45, 2.75) is 71.1 Å². The molecule has 0 aromatic heterocycles. The molecule has 0 saturated heterocycles. The van der Waals surface area contributed by atoms with E-state index in [9.17, 15) is 10.2 Å². The Balaban J connectivity index is 2.61. The lowest BCUT2D eigenvalue weighted by Crippen LogP contribution is -2.00. The van der Waals surface area contributed by atoms with E-state index in [0.29, 0.717) is 0 Å². The van der Waals surface area contributed by atoms with Crippen molar-refractivity contribution in [3.63, 3.8) is 0 Å². The van der Waals surface area contributed by atoms with Crippen molar-refractivity contribution in [2.24, 2.45) is 0 Å². The highest BCUT2D eigenvalue weighted by molar-refractivity contribution is 5.45. The Hall–Kier alpha value is -1.18. The number of hydrogen-bond acceptors (Lipinski definition) is 2. The van der Waals surface area contributed by atoms with E-state index in [0.717, 1.165) is 24.8 Å². The topological polar surface area (TPSA) is 40.5 Å². The molecule has 0 fully saturated rings. The van der Waals surface area contributed by atoms with Gasteiger partial charge in [0.15, 0.2) is 0 Å². The van der Waals surface area contributed by atoms with Crippen LogP contribution < -0.4 is 0 Å². The molecule has 0 bridgehead atoms. The van der Waals surface area contributed by atoms with Gasteiger partial charge in [0.2, 0.25) is 0 Å². The molecule has 1 unspecified atom stereocenters. The van der Waals surface area contributed by atoms with Crippen LogP contribution in [0.5, 0.6) is 11.5 Å². The Morgan fingerprint density at radius 2 is 1.47 bits per heavy atom. The molecular weight excluding hydrogens is 236 g/mol. The number of hydrogen-bond donors (Lipinski definition) is 2. The van der Waals surface area contributed by atoms with E-state index in [2.05, 4.69) is 13.8 Å². The molecule has 1 aromatic rings. The molecule has 1 atom stereocenters. The molecule has 19 heavy (non-hydrogen) atoms. The largest absolute Gasteiger partial charge is 0.508 e. The molecule has 0 aliphatic rings. The van der Waals surface area contributed by atoms with Crippen molar-refractivity contribution in [3.05, 3.63) is 23.8 Å². The lowest BCUT2D eigenvalue weighted by Gasteiger charge is -2.19. The molecular formula is C17H28O2. The minimum atomic E-state index is 0.243. The Morgan fingerprint density at radius 1 is 0.842 bits per heavy atom. The number of rotatable bonds is 9. The molecule has 0 saturated carbocycles. The maximum absolute atomic E-state index is 9.97. The summed E-state index contributed by atoms with van der Waals surface area (Å²) in [4.78, 5) is 0. The van der Waals surface area contributed by atoms with Crippen molar-refractivity contribution < 1.29 is 10.2 Å². The second kappa shape index (κ2) is 8.84. The van der Waals surface area contributed by atoms with Gasteiger partial charge in [-0.05, 0) is 30.9 Å². The van der Waals surface area contributed by atoms with Crippen LogP contribution in [0.25, 0.3) is 0 Å². The second-order valence-electron chi connectivity index (χ2n) is 5.40. The number of aromatic hydroxyl groups is 2. The first-order valence-electron chi connectivity index (χ1n) is 7.71. The fraction of sp³-hybridized carbons (Fsp3) is 0.647. The number of phenolic OH excluding ortho intramolecular Hbond substituents is 2. The third-order valence-electron chi connectivity index (χ3n) is 3.76. The highest BCUT2D eigenvalue weighted by Crippen LogP contribution is 2.39. The van der Waals surface area contributed by atoms with Crippen LogP contribution >= 0.6 is 0 Å². The SMILES string of the molecule is CCCCCCCC(CCC)c1c(O)cccc1O. The standard InChI is InChI=1S/C17H28O2/c1-3-5-6-7-8-11-14(10-4-2)17-15(18)12-9-13-16(17)19/h9,12-14,18-19H,3-8,10-11H2,1-2H3. The van der Waals surface area contributed by atoms with Crippen LogP contribution in [0.4, 0.5) is 0 Å². The molecule has 0 amide bonds. The molecule has 2 N–H and O–H groups in total. The van der Waals surface area contributed by atoms with Crippen LogP contribution in [0, 0.1) is 0 Å². The van der Waals surface area contributed by atoms with E-state index in [1.807, 2.05) is 0 Å². The van der Waals surface area contributed by atoms with Gasteiger partial charge in [0.25, 0.3) is 0 Å². The van der Waals surface area contributed by atoms with Gasteiger partial charge in [0.1, 0.15) is 11.5 Å². The van der Waals surface area contributed by atoms with Crippen LogP contribution in [-0.2, 0) is 0 Å². The van der Waals surface area contributed by atoms with E-state index < -0.39 is 0 Å². The highest BCUT2D eigenvalue weighted by atomic mass is 16.3. The quantitative estimate of drug-likeness (QED) is 0.591. The van der Waals surface area contributed by atoms with Crippen LogP contribution in [0.2, 0.25) is 0 Å². The fourth-order valence-electron chi connectivity index (χ4n) is 2.74. The zero-order valence-electron chi connectivity index (χ0n) is 12.4. The molecule has 2 heteroatoms. The summed E-state index contributed by atoms with van der Waals surface area (Å²) in [7, 11) is 0. The minimum Gasteiger partial charge on any atom is -0.508 e. The normalized spacial score (nSPS) is 12.5. The van der Waals surface area contributed by atoms with Crippen LogP contribution in [0.1, 0.15) is 76.7 Å². The first-order chi connectivity index (χ1) is 9.20. The van der Waals surface area contributed by atoms with E-state index in [-0.39, 0.29) is 17.4 Å². The summed E-state index contributed by atoms with van der Waals surface area (Å²) in [6.07, 6.45) is 9.46. The summed E-state index contributed by atoms with van der Waals surface area (Å²) in [6, 6.07) is 5.04. The molecule has 2 nitrogen and oxygen atoms in total. The number of benzene rings is 1. The number of unbranched alkanes of at least 4 members (excludes halogenated alkanes) is 4. The third kappa shape index (κ3) is 5.14. The van der Waals surface area contributed by atoms with Gasteiger partial charge < -0.3 is 10.2 Å². The summed E-state index contributed by atoms with van der Waals surface area (Å²) < 4.78 is 0. The lowest BCUT2D eigenvalue weighted by atomic mass is 9.88. The predicted octanol–water partition coefficient (Wildman–Crippen LogP) is 5.34. The first-order valence-corrected chi connectivity index (χ1v) is 7.71. The Bertz CT molecular complexity index is 340. The van der Waals surface area contributed by atoms with Gasteiger partial charge in [0, 0.05) is 5.56 Å². The van der Waals surface area contributed by atoms with Gasteiger partial charge in [-0.15, -0.1) is 0 Å². The van der Waals surface area contributed by atoms with Gasteiger partial charge in [0.05, 0.1) is 0 Å². The van der Waals surface area contributed by atoms with E-state index in [4.69, 9.17) is 0 Å². The maximum Gasteiger partial charge on any atom is 0.122 e. The van der Waals surface area contributed by atoms with Crippen molar-refractivity contribution in [1.82, 2.24) is 0 Å². The average Bonchev–Trinajstić information content (AvgIpc) is 2.38. The van der Waals surface area contributed by atoms with Gasteiger partial charge >= 0.3 is 0 Å². The molecule has 1 aromatic carbocycles. The zero-order chi connectivity index (χ0) is 14.1. The molecule has 0 radical (unpaired) electrons. The Morgan fingerprint density at radius 3 is 2.05 bits per heavy atom. The third-order valence-corrected chi connectivity index (χ3v) is 3.76. The predicted molar refractivity (Wildman–Crippen MR) is 80.8 cm³/mol. The average molecular weight is 264 g/mol. The first kappa shape index (κ1) is 15.9. The molecule has 0 spiro atoms.